The molecule has 2 rings (SSSR count). The molecule has 1 nitrogen and oxygen atoms in total. The molecule has 1 aliphatic carbocycles. The maximum Gasteiger partial charge on any atom is 0.147 e. The van der Waals surface area contributed by atoms with Crippen molar-refractivity contribution in [1.82, 2.24) is 0 Å². The van der Waals surface area contributed by atoms with Gasteiger partial charge in [-0.25, -0.2) is 8.78 Å². The van der Waals surface area contributed by atoms with Crippen LogP contribution in [0.3, 0.4) is 0 Å². The number of hydrogen-bond acceptors (Lipinski definition) is 1. The average molecular weight is 346 g/mol. The molecule has 0 bridgehead atoms. The summed E-state index contributed by atoms with van der Waals surface area (Å²) in [5, 5.41) is 3.18. The van der Waals surface area contributed by atoms with Gasteiger partial charge in [-0.1, -0.05) is 26.7 Å². The molecule has 20 heavy (non-hydrogen) atoms. The van der Waals surface area contributed by atoms with Gasteiger partial charge in [-0.05, 0) is 53.1 Å². The summed E-state index contributed by atoms with van der Waals surface area (Å²) in [5.41, 5.74) is 0.277. The Morgan fingerprint density at radius 1 is 1.10 bits per heavy atom. The number of rotatable bonds is 3. The fraction of sp³-hybridized carbons (Fsp3) is 0.625. The lowest BCUT2D eigenvalue weighted by Gasteiger charge is -2.20. The molecule has 0 amide bonds. The zero-order valence-corrected chi connectivity index (χ0v) is 13.6. The second kappa shape index (κ2) is 6.88. The first kappa shape index (κ1) is 15.7. The second-order valence-electron chi connectivity index (χ2n) is 6.10. The fourth-order valence-corrected chi connectivity index (χ4v) is 3.31. The smallest absolute Gasteiger partial charge is 0.147 e. The van der Waals surface area contributed by atoms with Crippen LogP contribution in [0.4, 0.5) is 14.5 Å². The molecule has 0 spiro atoms. The summed E-state index contributed by atoms with van der Waals surface area (Å²) in [4.78, 5) is 0. The predicted molar refractivity (Wildman–Crippen MR) is 82.9 cm³/mol. The monoisotopic (exact) mass is 345 g/mol. The Kier molecular flexibility index (Phi) is 5.42. The molecule has 0 saturated heterocycles. The van der Waals surface area contributed by atoms with Gasteiger partial charge in [-0.15, -0.1) is 0 Å². The largest absolute Gasteiger partial charge is 0.380 e. The lowest BCUT2D eigenvalue weighted by atomic mass is 9.89. The first-order valence-corrected chi connectivity index (χ1v) is 8.17. The Balaban J connectivity index is 2.02. The minimum atomic E-state index is -0.428. The van der Waals surface area contributed by atoms with E-state index in [-0.39, 0.29) is 16.2 Å². The second-order valence-corrected chi connectivity index (χ2v) is 6.95. The van der Waals surface area contributed by atoms with E-state index in [1.54, 1.807) is 0 Å². The van der Waals surface area contributed by atoms with Crippen LogP contribution in [-0.2, 0) is 0 Å². The van der Waals surface area contributed by atoms with Gasteiger partial charge in [-0.3, -0.25) is 0 Å². The molecule has 4 heteroatoms. The third-order valence-electron chi connectivity index (χ3n) is 4.33. The van der Waals surface area contributed by atoms with E-state index in [2.05, 4.69) is 35.1 Å². The van der Waals surface area contributed by atoms with Gasteiger partial charge in [0.1, 0.15) is 11.6 Å². The van der Waals surface area contributed by atoms with Gasteiger partial charge in [0.2, 0.25) is 0 Å². The van der Waals surface area contributed by atoms with Crippen molar-refractivity contribution in [3.63, 3.8) is 0 Å². The van der Waals surface area contributed by atoms with Crippen LogP contribution in [0.25, 0.3) is 0 Å². The molecule has 2 unspecified atom stereocenters. The molecule has 1 saturated carbocycles. The van der Waals surface area contributed by atoms with Gasteiger partial charge >= 0.3 is 0 Å². The predicted octanol–water partition coefficient (Wildman–Crippen LogP) is 5.74. The number of anilines is 1. The SMILES string of the molecule is CC(C)C1CCCC(Nc2cc(F)c(Br)cc2F)CC1. The Morgan fingerprint density at radius 2 is 1.85 bits per heavy atom. The Labute approximate surface area is 128 Å². The summed E-state index contributed by atoms with van der Waals surface area (Å²) in [7, 11) is 0. The zero-order valence-electron chi connectivity index (χ0n) is 12.1. The zero-order chi connectivity index (χ0) is 14.7. The highest BCUT2D eigenvalue weighted by atomic mass is 79.9. The molecule has 1 aromatic rings. The van der Waals surface area contributed by atoms with Crippen LogP contribution in [0.1, 0.15) is 46.0 Å². The molecule has 0 radical (unpaired) electrons. The van der Waals surface area contributed by atoms with Crippen molar-refractivity contribution in [3.8, 4) is 0 Å². The minimum absolute atomic E-state index is 0.168. The van der Waals surface area contributed by atoms with Crippen molar-refractivity contribution in [2.75, 3.05) is 5.32 Å². The van der Waals surface area contributed by atoms with E-state index in [0.29, 0.717) is 5.92 Å². The topological polar surface area (TPSA) is 12.0 Å². The summed E-state index contributed by atoms with van der Waals surface area (Å²) in [6, 6.07) is 2.67. The average Bonchev–Trinajstić information content (AvgIpc) is 2.61. The van der Waals surface area contributed by atoms with Gasteiger partial charge in [-0.2, -0.15) is 0 Å². The van der Waals surface area contributed by atoms with E-state index in [4.69, 9.17) is 0 Å². The van der Waals surface area contributed by atoms with Crippen LogP contribution in [0.5, 0.6) is 0 Å². The highest BCUT2D eigenvalue weighted by Crippen LogP contribution is 2.31. The molecular formula is C16H22BrF2N. The summed E-state index contributed by atoms with van der Waals surface area (Å²) in [6.07, 6.45) is 5.62. The van der Waals surface area contributed by atoms with Crippen molar-refractivity contribution in [2.45, 2.75) is 52.0 Å². The van der Waals surface area contributed by atoms with Crippen LogP contribution in [0.2, 0.25) is 0 Å². The van der Waals surface area contributed by atoms with E-state index in [0.717, 1.165) is 31.6 Å². The lowest BCUT2D eigenvalue weighted by molar-refractivity contribution is 0.341. The van der Waals surface area contributed by atoms with Gasteiger partial charge in [0.25, 0.3) is 0 Å². The molecule has 1 fully saturated rings. The maximum atomic E-state index is 13.8. The lowest BCUT2D eigenvalue weighted by Crippen LogP contribution is -2.19. The third kappa shape index (κ3) is 3.94. The van der Waals surface area contributed by atoms with Crippen molar-refractivity contribution in [2.24, 2.45) is 11.8 Å². The number of halogens is 3. The molecule has 1 aliphatic rings. The van der Waals surface area contributed by atoms with Crippen molar-refractivity contribution in [1.29, 1.82) is 0 Å². The van der Waals surface area contributed by atoms with Crippen LogP contribution in [-0.4, -0.2) is 6.04 Å². The van der Waals surface area contributed by atoms with E-state index in [1.807, 2.05) is 0 Å². The Morgan fingerprint density at radius 3 is 2.55 bits per heavy atom. The van der Waals surface area contributed by atoms with E-state index in [1.165, 1.54) is 18.6 Å². The molecule has 1 N–H and O–H groups in total. The van der Waals surface area contributed by atoms with Crippen LogP contribution in [0.15, 0.2) is 16.6 Å². The number of benzene rings is 1. The molecular weight excluding hydrogens is 324 g/mol. The summed E-state index contributed by atoms with van der Waals surface area (Å²) < 4.78 is 27.5. The number of hydrogen-bond donors (Lipinski definition) is 1. The van der Waals surface area contributed by atoms with Gasteiger partial charge < -0.3 is 5.32 Å². The first-order chi connectivity index (χ1) is 9.47. The molecule has 1 aromatic carbocycles. The van der Waals surface area contributed by atoms with Crippen LogP contribution >= 0.6 is 15.9 Å². The minimum Gasteiger partial charge on any atom is -0.380 e. The quantitative estimate of drug-likeness (QED) is 0.543. The van der Waals surface area contributed by atoms with Gasteiger partial charge in [0, 0.05) is 12.1 Å². The van der Waals surface area contributed by atoms with Crippen molar-refractivity contribution in [3.05, 3.63) is 28.2 Å². The molecule has 112 valence electrons. The highest BCUT2D eigenvalue weighted by molar-refractivity contribution is 9.10. The maximum absolute atomic E-state index is 13.8. The standard InChI is InChI=1S/C16H22BrF2N/c1-10(2)11-4-3-5-12(7-6-11)20-16-9-14(18)13(17)8-15(16)19/h8-12,20H,3-7H2,1-2H3. The normalized spacial score (nSPS) is 23.7. The van der Waals surface area contributed by atoms with E-state index >= 15 is 0 Å². The fourth-order valence-electron chi connectivity index (χ4n) is 2.99. The molecule has 0 heterocycles. The molecule has 0 aromatic heterocycles. The van der Waals surface area contributed by atoms with Crippen LogP contribution in [0, 0.1) is 23.5 Å². The van der Waals surface area contributed by atoms with Crippen molar-refractivity contribution < 1.29 is 8.78 Å². The van der Waals surface area contributed by atoms with E-state index in [9.17, 15) is 8.78 Å². The third-order valence-corrected chi connectivity index (χ3v) is 4.93. The summed E-state index contributed by atoms with van der Waals surface area (Å²) in [5.74, 6) is 0.634. The Hall–Kier alpha value is -0.640. The van der Waals surface area contributed by atoms with Gasteiger partial charge in [0.05, 0.1) is 10.2 Å². The van der Waals surface area contributed by atoms with Crippen molar-refractivity contribution >= 4 is 21.6 Å². The number of nitrogens with one attached hydrogen (secondary N) is 1. The highest BCUT2D eigenvalue weighted by Gasteiger charge is 2.21. The van der Waals surface area contributed by atoms with Gasteiger partial charge in [0.15, 0.2) is 0 Å². The van der Waals surface area contributed by atoms with E-state index < -0.39 is 11.6 Å². The van der Waals surface area contributed by atoms with Crippen LogP contribution < -0.4 is 5.32 Å². The Bertz CT molecular complexity index is 462. The summed E-state index contributed by atoms with van der Waals surface area (Å²) >= 11 is 3.00. The summed E-state index contributed by atoms with van der Waals surface area (Å²) in [6.45, 7) is 4.53. The first-order valence-electron chi connectivity index (χ1n) is 7.38. The molecule has 2 atom stereocenters. The molecule has 0 aliphatic heterocycles.